The number of carbonyl (C=O) groups excluding carboxylic acids is 1. The van der Waals surface area contributed by atoms with Crippen LogP contribution in [0.3, 0.4) is 0 Å². The molecule has 5 heteroatoms. The molecule has 0 spiro atoms. The summed E-state index contributed by atoms with van der Waals surface area (Å²) in [6.45, 7) is 0.0479. The Hall–Kier alpha value is -1.88. The summed E-state index contributed by atoms with van der Waals surface area (Å²) in [6, 6.07) is 9.60. The van der Waals surface area contributed by atoms with E-state index >= 15 is 0 Å². The quantitative estimate of drug-likeness (QED) is 0.773. The Kier molecular flexibility index (Phi) is 4.74. The van der Waals surface area contributed by atoms with Crippen LogP contribution in [0, 0.1) is 5.82 Å². The minimum atomic E-state index is -0.361. The molecule has 2 rings (SSSR count). The fourth-order valence-corrected chi connectivity index (χ4v) is 2.00. The van der Waals surface area contributed by atoms with Crippen LogP contribution in [0.5, 0.6) is 11.5 Å². The second-order valence-electron chi connectivity index (χ2n) is 4.05. The molecule has 0 heterocycles. The van der Waals surface area contributed by atoms with Crippen LogP contribution in [0.2, 0.25) is 0 Å². The fourth-order valence-electron chi connectivity index (χ4n) is 1.67. The van der Waals surface area contributed by atoms with Crippen LogP contribution in [0.25, 0.3) is 0 Å². The van der Waals surface area contributed by atoms with Gasteiger partial charge in [0.15, 0.2) is 6.29 Å². The Morgan fingerprint density at radius 3 is 2.70 bits per heavy atom. The summed E-state index contributed by atoms with van der Waals surface area (Å²) in [6.07, 6.45) is 0.676. The van der Waals surface area contributed by atoms with E-state index in [9.17, 15) is 9.18 Å². The predicted molar refractivity (Wildman–Crippen MR) is 76.8 cm³/mol. The average molecular weight is 339 g/mol. The lowest BCUT2D eigenvalue weighted by Gasteiger charge is -2.10. The normalized spacial score (nSPS) is 10.2. The lowest BCUT2D eigenvalue weighted by atomic mass is 10.2. The summed E-state index contributed by atoms with van der Waals surface area (Å²) in [5.74, 6) is 0.595. The van der Waals surface area contributed by atoms with Crippen molar-refractivity contribution in [1.29, 1.82) is 0 Å². The first-order valence-electron chi connectivity index (χ1n) is 5.84. The Bertz CT molecular complexity index is 629. The van der Waals surface area contributed by atoms with Crippen LogP contribution < -0.4 is 9.47 Å². The van der Waals surface area contributed by atoms with Gasteiger partial charge in [0.2, 0.25) is 0 Å². The molecule has 0 saturated heterocycles. The highest BCUT2D eigenvalue weighted by molar-refractivity contribution is 9.10. The van der Waals surface area contributed by atoms with E-state index in [4.69, 9.17) is 9.47 Å². The fraction of sp³-hybridized carbons (Fsp3) is 0.133. The van der Waals surface area contributed by atoms with Crippen LogP contribution in [-0.2, 0) is 6.61 Å². The van der Waals surface area contributed by atoms with Gasteiger partial charge in [-0.1, -0.05) is 22.0 Å². The van der Waals surface area contributed by atoms with Gasteiger partial charge in [0.25, 0.3) is 0 Å². The largest absolute Gasteiger partial charge is 0.497 e. The van der Waals surface area contributed by atoms with Crippen LogP contribution in [0.15, 0.2) is 40.9 Å². The van der Waals surface area contributed by atoms with Crippen molar-refractivity contribution < 1.29 is 18.7 Å². The van der Waals surface area contributed by atoms with E-state index in [1.54, 1.807) is 30.3 Å². The van der Waals surface area contributed by atoms with E-state index < -0.39 is 0 Å². The number of ether oxygens (including phenoxy) is 2. The minimum absolute atomic E-state index is 0.0479. The maximum atomic E-state index is 13.7. The van der Waals surface area contributed by atoms with Crippen molar-refractivity contribution in [3.8, 4) is 11.5 Å². The molecule has 0 radical (unpaired) electrons. The number of rotatable bonds is 5. The topological polar surface area (TPSA) is 35.5 Å². The van der Waals surface area contributed by atoms with Gasteiger partial charge in [0.05, 0.1) is 12.7 Å². The summed E-state index contributed by atoms with van der Waals surface area (Å²) in [5.41, 5.74) is 0.780. The number of aldehydes is 1. The molecule has 0 fully saturated rings. The molecule has 0 amide bonds. The Balaban J connectivity index is 2.16. The molecule has 0 unspecified atom stereocenters. The third-order valence-corrected chi connectivity index (χ3v) is 3.24. The van der Waals surface area contributed by atoms with Gasteiger partial charge in [0.1, 0.15) is 23.9 Å². The van der Waals surface area contributed by atoms with Gasteiger partial charge in [-0.3, -0.25) is 4.79 Å². The summed E-state index contributed by atoms with van der Waals surface area (Å²) in [4.78, 5) is 11.0. The van der Waals surface area contributed by atoms with E-state index in [-0.39, 0.29) is 12.4 Å². The third-order valence-electron chi connectivity index (χ3n) is 2.74. The first-order valence-corrected chi connectivity index (χ1v) is 6.63. The van der Waals surface area contributed by atoms with Crippen molar-refractivity contribution in [2.75, 3.05) is 7.11 Å². The standard InChI is InChI=1S/C15H12BrFO3/c1-19-13-4-5-15(11(6-13)8-18)20-9-10-2-3-12(16)7-14(10)17/h2-8H,9H2,1H3. The maximum absolute atomic E-state index is 13.7. The van der Waals surface area contributed by atoms with E-state index in [1.165, 1.54) is 13.2 Å². The SMILES string of the molecule is COc1ccc(OCc2ccc(Br)cc2F)c(C=O)c1. The lowest BCUT2D eigenvalue weighted by Crippen LogP contribution is -2.01. The summed E-state index contributed by atoms with van der Waals surface area (Å²) in [7, 11) is 1.52. The molecule has 2 aromatic carbocycles. The molecule has 0 aromatic heterocycles. The average Bonchev–Trinajstić information content (AvgIpc) is 2.46. The smallest absolute Gasteiger partial charge is 0.153 e. The van der Waals surface area contributed by atoms with Crippen molar-refractivity contribution in [3.63, 3.8) is 0 Å². The molecule has 0 N–H and O–H groups in total. The Morgan fingerprint density at radius 1 is 1.25 bits per heavy atom. The van der Waals surface area contributed by atoms with E-state index in [1.807, 2.05) is 0 Å². The van der Waals surface area contributed by atoms with Gasteiger partial charge in [-0.15, -0.1) is 0 Å². The van der Waals surface area contributed by atoms with Crippen molar-refractivity contribution in [3.05, 3.63) is 57.8 Å². The van der Waals surface area contributed by atoms with Crippen molar-refractivity contribution in [1.82, 2.24) is 0 Å². The van der Waals surface area contributed by atoms with E-state index in [2.05, 4.69) is 15.9 Å². The number of halogens is 2. The van der Waals surface area contributed by atoms with Gasteiger partial charge < -0.3 is 9.47 Å². The van der Waals surface area contributed by atoms with E-state index in [0.717, 1.165) is 0 Å². The maximum Gasteiger partial charge on any atom is 0.153 e. The number of hydrogen-bond donors (Lipinski definition) is 0. The van der Waals surface area contributed by atoms with Crippen molar-refractivity contribution >= 4 is 22.2 Å². The number of carbonyl (C=O) groups is 1. The van der Waals surface area contributed by atoms with Crippen LogP contribution in [0.1, 0.15) is 15.9 Å². The predicted octanol–water partition coefficient (Wildman–Crippen LogP) is 3.99. The molecule has 0 aliphatic rings. The van der Waals surface area contributed by atoms with Gasteiger partial charge in [-0.05, 0) is 30.3 Å². The summed E-state index contributed by atoms with van der Waals surface area (Å²) < 4.78 is 24.8. The van der Waals surface area contributed by atoms with E-state index in [0.29, 0.717) is 33.4 Å². The zero-order chi connectivity index (χ0) is 14.5. The minimum Gasteiger partial charge on any atom is -0.497 e. The van der Waals surface area contributed by atoms with Crippen LogP contribution in [-0.4, -0.2) is 13.4 Å². The zero-order valence-electron chi connectivity index (χ0n) is 10.7. The molecule has 0 bridgehead atoms. The first-order chi connectivity index (χ1) is 9.63. The molecule has 0 atom stereocenters. The summed E-state index contributed by atoms with van der Waals surface area (Å²) in [5, 5.41) is 0. The Labute approximate surface area is 124 Å². The molecular weight excluding hydrogens is 327 g/mol. The van der Waals surface area contributed by atoms with Crippen LogP contribution >= 0.6 is 15.9 Å². The van der Waals surface area contributed by atoms with Gasteiger partial charge in [0, 0.05) is 10.0 Å². The Morgan fingerprint density at radius 2 is 2.05 bits per heavy atom. The number of hydrogen-bond acceptors (Lipinski definition) is 3. The van der Waals surface area contributed by atoms with Gasteiger partial charge in [-0.25, -0.2) is 4.39 Å². The van der Waals surface area contributed by atoms with Crippen LogP contribution in [0.4, 0.5) is 4.39 Å². The second-order valence-corrected chi connectivity index (χ2v) is 4.96. The molecule has 20 heavy (non-hydrogen) atoms. The second kappa shape index (κ2) is 6.52. The number of methoxy groups -OCH3 is 1. The molecule has 3 nitrogen and oxygen atoms in total. The van der Waals surface area contributed by atoms with Gasteiger partial charge in [-0.2, -0.15) is 0 Å². The molecule has 2 aromatic rings. The number of benzene rings is 2. The highest BCUT2D eigenvalue weighted by atomic mass is 79.9. The molecule has 0 saturated carbocycles. The molecule has 0 aliphatic heterocycles. The highest BCUT2D eigenvalue weighted by Crippen LogP contribution is 2.24. The first kappa shape index (κ1) is 14.5. The zero-order valence-corrected chi connectivity index (χ0v) is 12.3. The molecular formula is C15H12BrFO3. The molecule has 104 valence electrons. The summed E-state index contributed by atoms with van der Waals surface area (Å²) >= 11 is 3.19. The monoisotopic (exact) mass is 338 g/mol. The van der Waals surface area contributed by atoms with Crippen molar-refractivity contribution in [2.45, 2.75) is 6.61 Å². The van der Waals surface area contributed by atoms with Crippen molar-refractivity contribution in [2.24, 2.45) is 0 Å². The molecule has 0 aliphatic carbocycles. The third kappa shape index (κ3) is 3.36. The highest BCUT2D eigenvalue weighted by Gasteiger charge is 2.08. The lowest BCUT2D eigenvalue weighted by molar-refractivity contribution is 0.111. The van der Waals surface area contributed by atoms with Gasteiger partial charge >= 0.3 is 0 Å².